The Morgan fingerprint density at radius 1 is 1.09 bits per heavy atom. The van der Waals surface area contributed by atoms with Crippen LogP contribution in [0.15, 0.2) is 42.7 Å². The third-order valence-electron chi connectivity index (χ3n) is 6.57. The van der Waals surface area contributed by atoms with Gasteiger partial charge in [-0.1, -0.05) is 6.07 Å². The van der Waals surface area contributed by atoms with Crippen molar-refractivity contribution in [2.75, 3.05) is 19.6 Å². The maximum atomic E-state index is 12.8. The molecule has 1 aromatic heterocycles. The van der Waals surface area contributed by atoms with Crippen LogP contribution in [0.3, 0.4) is 0 Å². The van der Waals surface area contributed by atoms with Crippen LogP contribution in [0.5, 0.6) is 5.75 Å². The smallest absolute Gasteiger partial charge is 0.416 e. The van der Waals surface area contributed by atoms with Gasteiger partial charge in [0.2, 0.25) is 5.91 Å². The number of aromatic hydroxyl groups is 1. The minimum atomic E-state index is -4.54. The summed E-state index contributed by atoms with van der Waals surface area (Å²) < 4.78 is 38.4. The summed E-state index contributed by atoms with van der Waals surface area (Å²) in [5, 5.41) is 14.9. The summed E-state index contributed by atoms with van der Waals surface area (Å²) >= 11 is 0. The topological polar surface area (TPSA) is 94.6 Å². The number of aromatic nitrogens is 1. The Balaban J connectivity index is 1.16. The van der Waals surface area contributed by atoms with E-state index >= 15 is 0 Å². The highest BCUT2D eigenvalue weighted by Crippen LogP contribution is 2.36. The second-order valence-corrected chi connectivity index (χ2v) is 8.96. The quantitative estimate of drug-likeness (QED) is 0.596. The lowest BCUT2D eigenvalue weighted by Crippen LogP contribution is -2.63. The number of benzene rings is 1. The largest absolute Gasteiger partial charge is 0.506 e. The molecule has 10 heteroatoms. The summed E-state index contributed by atoms with van der Waals surface area (Å²) in [6, 6.07) is 6.32. The van der Waals surface area contributed by atoms with Crippen molar-refractivity contribution >= 4 is 11.8 Å². The van der Waals surface area contributed by atoms with Crippen molar-refractivity contribution in [2.45, 2.75) is 49.9 Å². The van der Waals surface area contributed by atoms with Gasteiger partial charge in [-0.25, -0.2) is 0 Å². The van der Waals surface area contributed by atoms with Crippen LogP contribution in [0.1, 0.15) is 53.1 Å². The summed E-state index contributed by atoms with van der Waals surface area (Å²) in [6.07, 6.45) is 2.81. The Bertz CT molecular complexity index is 1030. The SMILES string of the molecule is O=C(CNC(=O)c1cccc(C(F)(F)F)c1)NC1CN(C2CCC(c3cncc(O)c3)CC2)C1. The molecule has 2 heterocycles. The van der Waals surface area contributed by atoms with E-state index in [1.165, 1.54) is 12.3 Å². The zero-order valence-corrected chi connectivity index (χ0v) is 18.5. The number of nitrogens with zero attached hydrogens (tertiary/aromatic N) is 2. The third-order valence-corrected chi connectivity index (χ3v) is 6.57. The van der Waals surface area contributed by atoms with Gasteiger partial charge in [0.1, 0.15) is 5.75 Å². The summed E-state index contributed by atoms with van der Waals surface area (Å²) in [6.45, 7) is 1.17. The molecule has 1 saturated heterocycles. The Labute approximate surface area is 195 Å². The van der Waals surface area contributed by atoms with E-state index in [0.29, 0.717) is 12.0 Å². The van der Waals surface area contributed by atoms with E-state index in [-0.39, 0.29) is 29.8 Å². The van der Waals surface area contributed by atoms with Gasteiger partial charge in [0.05, 0.1) is 24.3 Å². The van der Waals surface area contributed by atoms with E-state index in [2.05, 4.69) is 20.5 Å². The zero-order valence-electron chi connectivity index (χ0n) is 18.5. The van der Waals surface area contributed by atoms with Crippen molar-refractivity contribution in [2.24, 2.45) is 0 Å². The molecule has 0 spiro atoms. The van der Waals surface area contributed by atoms with Crippen LogP contribution in [-0.4, -0.2) is 58.5 Å². The molecule has 1 aromatic carbocycles. The number of carbonyl (C=O) groups excluding carboxylic acids is 2. The van der Waals surface area contributed by atoms with Crippen molar-refractivity contribution in [3.63, 3.8) is 0 Å². The van der Waals surface area contributed by atoms with Crippen LogP contribution >= 0.6 is 0 Å². The Morgan fingerprint density at radius 2 is 1.82 bits per heavy atom. The Hall–Kier alpha value is -3.14. The molecule has 0 atom stereocenters. The Kier molecular flexibility index (Phi) is 7.06. The number of carbonyl (C=O) groups is 2. The van der Waals surface area contributed by atoms with E-state index in [4.69, 9.17) is 0 Å². The van der Waals surface area contributed by atoms with Gasteiger partial charge in [0, 0.05) is 30.9 Å². The molecule has 4 rings (SSSR count). The molecule has 7 nitrogen and oxygen atoms in total. The fourth-order valence-electron chi connectivity index (χ4n) is 4.72. The molecule has 2 aliphatic rings. The van der Waals surface area contributed by atoms with Gasteiger partial charge >= 0.3 is 6.18 Å². The zero-order chi connectivity index (χ0) is 24.3. The van der Waals surface area contributed by atoms with Crippen LogP contribution in [0, 0.1) is 0 Å². The molecule has 1 aliphatic carbocycles. The summed E-state index contributed by atoms with van der Waals surface area (Å²) in [5.41, 5.74) is 0.0145. The molecule has 1 saturated carbocycles. The van der Waals surface area contributed by atoms with Crippen LogP contribution in [0.25, 0.3) is 0 Å². The van der Waals surface area contributed by atoms with Gasteiger partial charge in [-0.15, -0.1) is 0 Å². The molecule has 0 unspecified atom stereocenters. The summed E-state index contributed by atoms with van der Waals surface area (Å²) in [4.78, 5) is 30.7. The van der Waals surface area contributed by atoms with Crippen LogP contribution < -0.4 is 10.6 Å². The van der Waals surface area contributed by atoms with Crippen molar-refractivity contribution < 1.29 is 27.9 Å². The average molecular weight is 476 g/mol. The first-order valence-electron chi connectivity index (χ1n) is 11.3. The lowest BCUT2D eigenvalue weighted by atomic mass is 9.81. The number of pyridine rings is 1. The van der Waals surface area contributed by atoms with E-state index in [1.54, 1.807) is 6.07 Å². The standard InChI is InChI=1S/C24H27F3N4O3/c25-24(26,27)18-3-1-2-16(8-18)23(34)29-12-22(33)30-19-13-31(14-19)20-6-4-15(5-7-20)17-9-21(32)11-28-10-17/h1-3,8-11,15,19-20,32H,4-7,12-14H2,(H,29,34)(H,30,33). The van der Waals surface area contributed by atoms with Crippen LogP contribution in [-0.2, 0) is 11.0 Å². The second kappa shape index (κ2) is 10.0. The first kappa shape index (κ1) is 24.0. The highest BCUT2D eigenvalue weighted by molar-refractivity contribution is 5.96. The minimum Gasteiger partial charge on any atom is -0.506 e. The maximum Gasteiger partial charge on any atom is 0.416 e. The number of alkyl halides is 3. The predicted octanol–water partition coefficient (Wildman–Crippen LogP) is 3.06. The normalized spacial score (nSPS) is 21.5. The van der Waals surface area contributed by atoms with Gasteiger partial charge in [-0.3, -0.25) is 19.5 Å². The fourth-order valence-corrected chi connectivity index (χ4v) is 4.72. The summed E-state index contributed by atoms with van der Waals surface area (Å²) in [7, 11) is 0. The highest BCUT2D eigenvalue weighted by Gasteiger charge is 2.35. The number of amides is 2. The predicted molar refractivity (Wildman–Crippen MR) is 118 cm³/mol. The second-order valence-electron chi connectivity index (χ2n) is 8.96. The Morgan fingerprint density at radius 3 is 2.50 bits per heavy atom. The van der Waals surface area contributed by atoms with Gasteiger partial charge < -0.3 is 15.7 Å². The highest BCUT2D eigenvalue weighted by atomic mass is 19.4. The van der Waals surface area contributed by atoms with Gasteiger partial charge in [0.25, 0.3) is 5.91 Å². The molecule has 2 amide bonds. The number of hydrogen-bond donors (Lipinski definition) is 3. The molecule has 0 radical (unpaired) electrons. The van der Waals surface area contributed by atoms with Crippen LogP contribution in [0.4, 0.5) is 13.2 Å². The van der Waals surface area contributed by atoms with Gasteiger partial charge in [-0.05, 0) is 61.4 Å². The monoisotopic (exact) mass is 476 g/mol. The fraction of sp³-hybridized carbons (Fsp3) is 0.458. The molecule has 1 aliphatic heterocycles. The van der Waals surface area contributed by atoms with Gasteiger partial charge in [-0.2, -0.15) is 13.2 Å². The average Bonchev–Trinajstić information content (AvgIpc) is 2.79. The lowest BCUT2D eigenvalue weighted by Gasteiger charge is -2.46. The minimum absolute atomic E-state index is 0.00838. The van der Waals surface area contributed by atoms with Crippen molar-refractivity contribution in [3.8, 4) is 5.75 Å². The molecule has 182 valence electrons. The van der Waals surface area contributed by atoms with E-state index in [0.717, 1.165) is 62.5 Å². The molecule has 34 heavy (non-hydrogen) atoms. The first-order chi connectivity index (χ1) is 16.2. The number of rotatable bonds is 6. The lowest BCUT2D eigenvalue weighted by molar-refractivity contribution is -0.137. The number of hydrogen-bond acceptors (Lipinski definition) is 5. The third kappa shape index (κ3) is 5.85. The van der Waals surface area contributed by atoms with Crippen LogP contribution in [0.2, 0.25) is 0 Å². The first-order valence-corrected chi connectivity index (χ1v) is 11.3. The number of nitrogens with one attached hydrogen (secondary N) is 2. The van der Waals surface area contributed by atoms with Gasteiger partial charge in [0.15, 0.2) is 0 Å². The van der Waals surface area contributed by atoms with E-state index < -0.39 is 17.6 Å². The molecule has 2 fully saturated rings. The van der Waals surface area contributed by atoms with Crippen molar-refractivity contribution in [1.82, 2.24) is 20.5 Å². The summed E-state index contributed by atoms with van der Waals surface area (Å²) in [5.74, 6) is -0.514. The van der Waals surface area contributed by atoms with E-state index in [9.17, 15) is 27.9 Å². The molecule has 2 aromatic rings. The number of halogens is 3. The maximum absolute atomic E-state index is 12.8. The molecular formula is C24H27F3N4O3. The van der Waals surface area contributed by atoms with Crippen molar-refractivity contribution in [3.05, 3.63) is 59.4 Å². The van der Waals surface area contributed by atoms with Crippen molar-refractivity contribution in [1.29, 1.82) is 0 Å². The molecule has 0 bridgehead atoms. The molecule has 3 N–H and O–H groups in total. The number of likely N-dealkylation sites (tertiary alicyclic amines) is 1. The molecular weight excluding hydrogens is 449 g/mol. The van der Waals surface area contributed by atoms with E-state index in [1.807, 2.05) is 6.20 Å².